The molecule has 0 unspecified atom stereocenters. The highest BCUT2D eigenvalue weighted by atomic mass is 32.2. The lowest BCUT2D eigenvalue weighted by atomic mass is 10.1. The zero-order chi connectivity index (χ0) is 23.7. The van der Waals surface area contributed by atoms with E-state index in [9.17, 15) is 18.0 Å². The molecule has 3 N–H and O–H groups in total. The molecular formula is C22H29N3O6S. The second-order valence-corrected chi connectivity index (χ2v) is 9.01. The topological polar surface area (TPSA) is 123 Å². The average molecular weight is 464 g/mol. The number of methoxy groups -OCH3 is 2. The summed E-state index contributed by atoms with van der Waals surface area (Å²) in [6, 6.07) is 11.5. The molecule has 2 rings (SSSR count). The van der Waals surface area contributed by atoms with Crippen LogP contribution in [0.4, 0.5) is 0 Å². The Bertz CT molecular complexity index is 1000. The third-order valence-corrected chi connectivity index (χ3v) is 6.12. The predicted molar refractivity (Wildman–Crippen MR) is 120 cm³/mol. The van der Waals surface area contributed by atoms with E-state index < -0.39 is 22.0 Å². The van der Waals surface area contributed by atoms with Crippen LogP contribution in [0.5, 0.6) is 11.5 Å². The molecule has 0 aliphatic carbocycles. The molecule has 0 bridgehead atoms. The Morgan fingerprint density at radius 2 is 1.34 bits per heavy atom. The van der Waals surface area contributed by atoms with Crippen molar-refractivity contribution >= 4 is 21.8 Å². The van der Waals surface area contributed by atoms with Crippen LogP contribution in [0.2, 0.25) is 0 Å². The van der Waals surface area contributed by atoms with Crippen LogP contribution < -0.4 is 24.8 Å². The molecule has 1 atom stereocenters. The third-order valence-electron chi connectivity index (χ3n) is 4.66. The van der Waals surface area contributed by atoms with Crippen molar-refractivity contribution in [1.29, 1.82) is 0 Å². The molecule has 0 aromatic heterocycles. The maximum absolute atomic E-state index is 12.7. The first-order valence-electron chi connectivity index (χ1n) is 10.0. The maximum Gasteiger partial charge on any atom is 0.251 e. The van der Waals surface area contributed by atoms with Crippen molar-refractivity contribution in [2.24, 2.45) is 5.92 Å². The van der Waals surface area contributed by atoms with Crippen molar-refractivity contribution in [1.82, 2.24) is 15.4 Å². The smallest absolute Gasteiger partial charge is 0.251 e. The minimum atomic E-state index is -3.91. The summed E-state index contributed by atoms with van der Waals surface area (Å²) in [6.07, 6.45) is 0. The van der Waals surface area contributed by atoms with Crippen LogP contribution in [0.25, 0.3) is 0 Å². The number of rotatable bonds is 11. The van der Waals surface area contributed by atoms with E-state index in [0.717, 1.165) is 0 Å². The molecule has 0 radical (unpaired) electrons. The number of nitrogens with one attached hydrogen (secondary N) is 3. The van der Waals surface area contributed by atoms with Gasteiger partial charge < -0.3 is 20.1 Å². The summed E-state index contributed by atoms with van der Waals surface area (Å²) in [5.41, 5.74) is 0.462. The first kappa shape index (κ1) is 25.2. The zero-order valence-electron chi connectivity index (χ0n) is 18.5. The lowest BCUT2D eigenvalue weighted by molar-refractivity contribution is -0.123. The van der Waals surface area contributed by atoms with Crippen LogP contribution in [0.15, 0.2) is 53.4 Å². The molecule has 2 aromatic rings. The van der Waals surface area contributed by atoms with Crippen LogP contribution in [0.3, 0.4) is 0 Å². The Morgan fingerprint density at radius 3 is 1.84 bits per heavy atom. The van der Waals surface area contributed by atoms with Crippen molar-refractivity contribution in [3.8, 4) is 11.5 Å². The van der Waals surface area contributed by atoms with E-state index in [0.29, 0.717) is 17.1 Å². The van der Waals surface area contributed by atoms with E-state index >= 15 is 0 Å². The molecule has 0 aliphatic rings. The standard InChI is InChI=1S/C22H29N3O6S/c1-15(2)20(25-32(28,29)19-11-9-18(31-4)10-12-19)22(27)24-14-13-23-21(26)16-5-7-17(30-3)8-6-16/h5-12,15,20,25H,13-14H2,1-4H3,(H,23,26)(H,24,27)/t20-/m0/s1. The van der Waals surface area contributed by atoms with Crippen LogP contribution in [-0.2, 0) is 14.8 Å². The Balaban J connectivity index is 1.90. The van der Waals surface area contributed by atoms with Gasteiger partial charge in [0.1, 0.15) is 17.5 Å². The van der Waals surface area contributed by atoms with Crippen LogP contribution in [0.1, 0.15) is 24.2 Å². The molecule has 9 nitrogen and oxygen atoms in total. The molecule has 2 aromatic carbocycles. The molecule has 2 amide bonds. The van der Waals surface area contributed by atoms with E-state index in [1.54, 1.807) is 45.2 Å². The maximum atomic E-state index is 12.7. The highest BCUT2D eigenvalue weighted by Gasteiger charge is 2.28. The van der Waals surface area contributed by atoms with Crippen molar-refractivity contribution in [3.05, 3.63) is 54.1 Å². The Hall–Kier alpha value is -3.11. The quantitative estimate of drug-likeness (QED) is 0.435. The van der Waals surface area contributed by atoms with Gasteiger partial charge in [-0.25, -0.2) is 8.42 Å². The predicted octanol–water partition coefficient (Wildman–Crippen LogP) is 1.55. The van der Waals surface area contributed by atoms with Crippen LogP contribution in [-0.4, -0.2) is 53.6 Å². The first-order chi connectivity index (χ1) is 15.2. The van der Waals surface area contributed by atoms with Gasteiger partial charge in [-0.3, -0.25) is 9.59 Å². The van der Waals surface area contributed by atoms with Gasteiger partial charge in [-0.1, -0.05) is 13.8 Å². The van der Waals surface area contributed by atoms with Gasteiger partial charge in [0.15, 0.2) is 0 Å². The molecule has 32 heavy (non-hydrogen) atoms. The fourth-order valence-corrected chi connectivity index (χ4v) is 4.14. The minimum Gasteiger partial charge on any atom is -0.497 e. The average Bonchev–Trinajstić information content (AvgIpc) is 2.79. The molecule has 0 heterocycles. The van der Waals surface area contributed by atoms with Crippen molar-refractivity contribution in [2.75, 3.05) is 27.3 Å². The summed E-state index contributed by atoms with van der Waals surface area (Å²) in [4.78, 5) is 24.8. The van der Waals surface area contributed by atoms with Gasteiger partial charge in [0.2, 0.25) is 15.9 Å². The summed E-state index contributed by atoms with van der Waals surface area (Å²) in [7, 11) is -0.879. The van der Waals surface area contributed by atoms with Gasteiger partial charge in [-0.2, -0.15) is 4.72 Å². The summed E-state index contributed by atoms with van der Waals surface area (Å²) < 4.78 is 37.9. The zero-order valence-corrected chi connectivity index (χ0v) is 19.4. The Morgan fingerprint density at radius 1 is 0.844 bits per heavy atom. The number of hydrogen-bond acceptors (Lipinski definition) is 6. The summed E-state index contributed by atoms with van der Waals surface area (Å²) in [6.45, 7) is 3.82. The van der Waals surface area contributed by atoms with Crippen molar-refractivity contribution in [2.45, 2.75) is 24.8 Å². The fourth-order valence-electron chi connectivity index (χ4n) is 2.80. The van der Waals surface area contributed by atoms with Gasteiger partial charge in [0.05, 0.1) is 19.1 Å². The fraction of sp³-hybridized carbons (Fsp3) is 0.364. The summed E-state index contributed by atoms with van der Waals surface area (Å²) in [5, 5.41) is 5.36. The number of hydrogen-bond donors (Lipinski definition) is 3. The number of carbonyl (C=O) groups is 2. The molecular weight excluding hydrogens is 434 g/mol. The number of sulfonamides is 1. The van der Waals surface area contributed by atoms with Gasteiger partial charge in [-0.15, -0.1) is 0 Å². The SMILES string of the molecule is COc1ccc(C(=O)NCCNC(=O)[C@@H](NS(=O)(=O)c2ccc(OC)cc2)C(C)C)cc1. The van der Waals surface area contributed by atoms with E-state index in [4.69, 9.17) is 9.47 Å². The molecule has 174 valence electrons. The van der Waals surface area contributed by atoms with E-state index in [1.165, 1.54) is 31.4 Å². The summed E-state index contributed by atoms with van der Waals surface area (Å²) >= 11 is 0. The number of benzene rings is 2. The monoisotopic (exact) mass is 463 g/mol. The van der Waals surface area contributed by atoms with E-state index in [1.807, 2.05) is 0 Å². The molecule has 0 saturated carbocycles. The highest BCUT2D eigenvalue weighted by molar-refractivity contribution is 7.89. The number of carbonyl (C=O) groups excluding carboxylic acids is 2. The van der Waals surface area contributed by atoms with Crippen molar-refractivity contribution in [3.63, 3.8) is 0 Å². The van der Waals surface area contributed by atoms with Crippen molar-refractivity contribution < 1.29 is 27.5 Å². The third kappa shape index (κ3) is 6.96. The lowest BCUT2D eigenvalue weighted by Crippen LogP contribution is -2.50. The molecule has 0 spiro atoms. The Labute approximate surface area is 188 Å². The molecule has 0 fully saturated rings. The number of amides is 2. The van der Waals surface area contributed by atoms with Gasteiger partial charge in [0.25, 0.3) is 5.91 Å². The lowest BCUT2D eigenvalue weighted by Gasteiger charge is -2.21. The van der Waals surface area contributed by atoms with E-state index in [-0.39, 0.29) is 29.8 Å². The largest absolute Gasteiger partial charge is 0.497 e. The Kier molecular flexibility index (Phi) is 9.03. The second-order valence-electron chi connectivity index (χ2n) is 7.29. The first-order valence-corrected chi connectivity index (χ1v) is 11.5. The van der Waals surface area contributed by atoms with Gasteiger partial charge in [-0.05, 0) is 54.4 Å². The van der Waals surface area contributed by atoms with Crippen LogP contribution in [0, 0.1) is 5.92 Å². The second kappa shape index (κ2) is 11.5. The molecule has 10 heteroatoms. The van der Waals surface area contributed by atoms with Gasteiger partial charge >= 0.3 is 0 Å². The minimum absolute atomic E-state index is 0.0310. The van der Waals surface area contributed by atoms with E-state index in [2.05, 4.69) is 15.4 Å². The molecule has 0 aliphatic heterocycles. The van der Waals surface area contributed by atoms with Gasteiger partial charge in [0, 0.05) is 18.7 Å². The summed E-state index contributed by atoms with van der Waals surface area (Å²) in [5.74, 6) is 0.111. The van der Waals surface area contributed by atoms with Crippen LogP contribution >= 0.6 is 0 Å². The number of ether oxygens (including phenoxy) is 2. The highest BCUT2D eigenvalue weighted by Crippen LogP contribution is 2.17. The normalized spacial score (nSPS) is 12.2. The molecule has 0 saturated heterocycles.